The van der Waals surface area contributed by atoms with Crippen LogP contribution in [0.15, 0.2) is 12.1 Å². The topological polar surface area (TPSA) is 71.1 Å². The number of ether oxygens (including phenoxy) is 4. The zero-order valence-corrected chi connectivity index (χ0v) is 10.4. The molecule has 0 amide bonds. The van der Waals surface area contributed by atoms with Gasteiger partial charge < -0.3 is 18.9 Å². The molecule has 0 bridgehead atoms. The molecule has 0 spiro atoms. The number of carbonyl (C=O) groups excluding carboxylic acids is 2. The number of carbonyl (C=O) groups is 2. The van der Waals surface area contributed by atoms with Crippen LogP contribution in [0.1, 0.15) is 15.9 Å². The molecule has 0 atom stereocenters. The highest BCUT2D eigenvalue weighted by molar-refractivity contribution is 5.95. The smallest absolute Gasteiger partial charge is 0.342 e. The van der Waals surface area contributed by atoms with Gasteiger partial charge in [-0.25, -0.2) is 4.79 Å². The fourth-order valence-electron chi connectivity index (χ4n) is 1.45. The lowest BCUT2D eigenvalue weighted by molar-refractivity contribution is -0.120. The Hall–Kier alpha value is -2.08. The molecular formula is C12H14O6. The Balaban J connectivity index is 3.22. The van der Waals surface area contributed by atoms with Crippen LogP contribution in [0, 0.1) is 6.92 Å². The molecule has 0 aromatic heterocycles. The summed E-state index contributed by atoms with van der Waals surface area (Å²) < 4.78 is 19.4. The lowest BCUT2D eigenvalue weighted by atomic mass is 10.1. The van der Waals surface area contributed by atoms with Crippen LogP contribution in [0.5, 0.6) is 11.5 Å². The molecule has 6 nitrogen and oxygen atoms in total. The van der Waals surface area contributed by atoms with Gasteiger partial charge in [-0.3, -0.25) is 4.79 Å². The summed E-state index contributed by atoms with van der Waals surface area (Å²) in [5.41, 5.74) is 0.663. The Morgan fingerprint density at radius 2 is 1.94 bits per heavy atom. The summed E-state index contributed by atoms with van der Waals surface area (Å²) in [6.45, 7) is 1.92. The zero-order valence-electron chi connectivity index (χ0n) is 10.4. The average Bonchev–Trinajstić information content (AvgIpc) is 2.38. The van der Waals surface area contributed by atoms with Gasteiger partial charge in [0.05, 0.1) is 7.11 Å². The maximum atomic E-state index is 11.7. The Kier molecular flexibility index (Phi) is 5.13. The standard InChI is InChI=1S/C12H14O6/c1-8-9(17-6-13)4-5-10(18-7-15-2)11(8)12(14)16-3/h4-6H,7H2,1-3H3. The molecule has 0 saturated heterocycles. The third kappa shape index (κ3) is 2.98. The van der Waals surface area contributed by atoms with E-state index < -0.39 is 5.97 Å². The molecule has 0 heterocycles. The van der Waals surface area contributed by atoms with Gasteiger partial charge >= 0.3 is 5.97 Å². The highest BCUT2D eigenvalue weighted by Crippen LogP contribution is 2.30. The van der Waals surface area contributed by atoms with Gasteiger partial charge in [0.2, 0.25) is 0 Å². The molecule has 0 unspecified atom stereocenters. The zero-order chi connectivity index (χ0) is 13.5. The SMILES string of the molecule is COCOc1ccc(OC=O)c(C)c1C(=O)OC. The average molecular weight is 254 g/mol. The maximum absolute atomic E-state index is 11.7. The van der Waals surface area contributed by atoms with E-state index in [4.69, 9.17) is 14.2 Å². The van der Waals surface area contributed by atoms with Crippen molar-refractivity contribution in [2.45, 2.75) is 6.92 Å². The molecular weight excluding hydrogens is 240 g/mol. The van der Waals surface area contributed by atoms with Gasteiger partial charge in [0.1, 0.15) is 17.1 Å². The number of esters is 1. The molecule has 98 valence electrons. The monoisotopic (exact) mass is 254 g/mol. The third-order valence-electron chi connectivity index (χ3n) is 2.27. The van der Waals surface area contributed by atoms with E-state index >= 15 is 0 Å². The summed E-state index contributed by atoms with van der Waals surface area (Å²) in [5, 5.41) is 0. The van der Waals surface area contributed by atoms with Gasteiger partial charge in [-0.2, -0.15) is 0 Å². The van der Waals surface area contributed by atoms with E-state index in [1.165, 1.54) is 26.4 Å². The van der Waals surface area contributed by atoms with Crippen LogP contribution in [0.3, 0.4) is 0 Å². The Labute approximate surface area is 104 Å². The van der Waals surface area contributed by atoms with Crippen molar-refractivity contribution in [1.29, 1.82) is 0 Å². The molecule has 0 radical (unpaired) electrons. The first-order valence-electron chi connectivity index (χ1n) is 5.09. The summed E-state index contributed by atoms with van der Waals surface area (Å²) >= 11 is 0. The molecule has 1 aromatic carbocycles. The van der Waals surface area contributed by atoms with Crippen molar-refractivity contribution in [2.24, 2.45) is 0 Å². The second kappa shape index (κ2) is 6.61. The summed E-state index contributed by atoms with van der Waals surface area (Å²) in [6.07, 6.45) is 0. The molecule has 0 aliphatic carbocycles. The normalized spacial score (nSPS) is 9.72. The first kappa shape index (κ1) is 14.0. The van der Waals surface area contributed by atoms with Crippen molar-refractivity contribution < 1.29 is 28.5 Å². The molecule has 1 aromatic rings. The minimum Gasteiger partial charge on any atom is -0.467 e. The van der Waals surface area contributed by atoms with Crippen molar-refractivity contribution in [3.8, 4) is 11.5 Å². The number of methoxy groups -OCH3 is 2. The number of benzene rings is 1. The minimum absolute atomic E-state index is 0.00266. The fraction of sp³-hybridized carbons (Fsp3) is 0.333. The molecule has 0 aliphatic heterocycles. The van der Waals surface area contributed by atoms with Crippen LogP contribution < -0.4 is 9.47 Å². The van der Waals surface area contributed by atoms with Crippen LogP contribution in [-0.4, -0.2) is 33.5 Å². The van der Waals surface area contributed by atoms with Crippen LogP contribution in [-0.2, 0) is 14.3 Å². The highest BCUT2D eigenvalue weighted by Gasteiger charge is 2.19. The molecule has 0 aliphatic rings. The van der Waals surface area contributed by atoms with Gasteiger partial charge in [-0.15, -0.1) is 0 Å². The molecule has 0 fully saturated rings. The fourth-order valence-corrected chi connectivity index (χ4v) is 1.45. The van der Waals surface area contributed by atoms with Crippen LogP contribution in [0.4, 0.5) is 0 Å². The second-order valence-electron chi connectivity index (χ2n) is 3.32. The maximum Gasteiger partial charge on any atom is 0.342 e. The van der Waals surface area contributed by atoms with E-state index in [1.54, 1.807) is 6.92 Å². The van der Waals surface area contributed by atoms with Gasteiger partial charge in [0.15, 0.2) is 6.79 Å². The van der Waals surface area contributed by atoms with E-state index in [0.717, 1.165) is 0 Å². The van der Waals surface area contributed by atoms with Gasteiger partial charge in [-0.1, -0.05) is 0 Å². The second-order valence-corrected chi connectivity index (χ2v) is 3.32. The van der Waals surface area contributed by atoms with E-state index in [1.807, 2.05) is 0 Å². The van der Waals surface area contributed by atoms with Gasteiger partial charge in [0, 0.05) is 12.7 Å². The lowest BCUT2D eigenvalue weighted by Gasteiger charge is -2.13. The lowest BCUT2D eigenvalue weighted by Crippen LogP contribution is -2.10. The summed E-state index contributed by atoms with van der Waals surface area (Å²) in [4.78, 5) is 22.0. The first-order valence-corrected chi connectivity index (χ1v) is 5.09. The van der Waals surface area contributed by atoms with Crippen molar-refractivity contribution in [3.63, 3.8) is 0 Å². The van der Waals surface area contributed by atoms with Crippen LogP contribution >= 0.6 is 0 Å². The van der Waals surface area contributed by atoms with Crippen molar-refractivity contribution >= 4 is 12.4 Å². The van der Waals surface area contributed by atoms with Crippen LogP contribution in [0.25, 0.3) is 0 Å². The van der Waals surface area contributed by atoms with E-state index in [9.17, 15) is 9.59 Å². The minimum atomic E-state index is -0.574. The Bertz CT molecular complexity index is 440. The largest absolute Gasteiger partial charge is 0.467 e. The number of hydrogen-bond donors (Lipinski definition) is 0. The molecule has 6 heteroatoms. The third-order valence-corrected chi connectivity index (χ3v) is 2.27. The molecule has 18 heavy (non-hydrogen) atoms. The van der Waals surface area contributed by atoms with Crippen molar-refractivity contribution in [2.75, 3.05) is 21.0 Å². The quantitative estimate of drug-likeness (QED) is 0.433. The van der Waals surface area contributed by atoms with Crippen molar-refractivity contribution in [3.05, 3.63) is 23.3 Å². The van der Waals surface area contributed by atoms with E-state index in [0.29, 0.717) is 17.8 Å². The molecule has 0 saturated carbocycles. The molecule has 0 N–H and O–H groups in total. The Morgan fingerprint density at radius 1 is 1.28 bits per heavy atom. The van der Waals surface area contributed by atoms with Gasteiger partial charge in [0.25, 0.3) is 6.47 Å². The predicted molar refractivity (Wildman–Crippen MR) is 61.7 cm³/mol. The summed E-state index contributed by atoms with van der Waals surface area (Å²) in [7, 11) is 2.73. The number of rotatable bonds is 6. The van der Waals surface area contributed by atoms with Gasteiger partial charge in [-0.05, 0) is 19.1 Å². The van der Waals surface area contributed by atoms with E-state index in [-0.39, 0.29) is 18.1 Å². The first-order chi connectivity index (χ1) is 8.65. The summed E-state index contributed by atoms with van der Waals surface area (Å²) in [5.74, 6) is 0.00423. The predicted octanol–water partition coefficient (Wildman–Crippen LogP) is 1.30. The highest BCUT2D eigenvalue weighted by atomic mass is 16.7. The van der Waals surface area contributed by atoms with Crippen molar-refractivity contribution in [1.82, 2.24) is 0 Å². The number of hydrogen-bond acceptors (Lipinski definition) is 6. The van der Waals surface area contributed by atoms with E-state index in [2.05, 4.69) is 4.74 Å². The molecule has 1 rings (SSSR count). The Morgan fingerprint density at radius 3 is 2.50 bits per heavy atom. The van der Waals surface area contributed by atoms with Crippen LogP contribution in [0.2, 0.25) is 0 Å². The summed E-state index contributed by atoms with van der Waals surface area (Å²) in [6, 6.07) is 3.04.